The predicted molar refractivity (Wildman–Crippen MR) is 67.7 cm³/mol. The Labute approximate surface area is 106 Å². The molecular weight excluding hydrogens is 232 g/mol. The summed E-state index contributed by atoms with van der Waals surface area (Å²) in [4.78, 5) is 14.8. The summed E-state index contributed by atoms with van der Waals surface area (Å²) >= 11 is 0. The van der Waals surface area contributed by atoms with Gasteiger partial charge in [-0.3, -0.25) is 0 Å². The van der Waals surface area contributed by atoms with E-state index in [4.69, 9.17) is 5.11 Å². The Hall–Kier alpha value is -1.62. The van der Waals surface area contributed by atoms with E-state index in [1.165, 1.54) is 12.3 Å². The van der Waals surface area contributed by atoms with Gasteiger partial charge in [-0.25, -0.2) is 9.78 Å². The number of hydrogen-bond donors (Lipinski definition) is 3. The Morgan fingerprint density at radius 2 is 2.17 bits per heavy atom. The Kier molecular flexibility index (Phi) is 4.15. The van der Waals surface area contributed by atoms with Crippen LogP contribution in [0.1, 0.15) is 36.0 Å². The lowest BCUT2D eigenvalue weighted by atomic mass is 9.85. The van der Waals surface area contributed by atoms with Crippen LogP contribution in [0.3, 0.4) is 0 Å². The number of carboxylic acids is 1. The fraction of sp³-hybridized carbons (Fsp3) is 0.538. The van der Waals surface area contributed by atoms with Gasteiger partial charge in [0, 0.05) is 24.8 Å². The molecule has 2 unspecified atom stereocenters. The zero-order chi connectivity index (χ0) is 13.0. The molecule has 1 fully saturated rings. The van der Waals surface area contributed by atoms with Gasteiger partial charge in [0.25, 0.3) is 0 Å². The summed E-state index contributed by atoms with van der Waals surface area (Å²) < 4.78 is 0. The fourth-order valence-corrected chi connectivity index (χ4v) is 2.41. The van der Waals surface area contributed by atoms with E-state index in [-0.39, 0.29) is 24.1 Å². The topological polar surface area (TPSA) is 82.5 Å². The summed E-state index contributed by atoms with van der Waals surface area (Å²) in [5, 5.41) is 21.4. The molecule has 1 saturated carbocycles. The van der Waals surface area contributed by atoms with Gasteiger partial charge < -0.3 is 15.5 Å². The number of aliphatic hydroxyl groups is 1. The lowest BCUT2D eigenvalue weighted by molar-refractivity contribution is 0.0696. The van der Waals surface area contributed by atoms with Gasteiger partial charge in [-0.1, -0.05) is 12.8 Å². The number of anilines is 1. The summed E-state index contributed by atoms with van der Waals surface area (Å²) in [5.41, 5.74) is 0.183. The number of hydrogen-bond acceptors (Lipinski definition) is 4. The van der Waals surface area contributed by atoms with E-state index in [0.717, 1.165) is 25.7 Å². The van der Waals surface area contributed by atoms with Crippen molar-refractivity contribution in [2.45, 2.75) is 31.7 Å². The summed E-state index contributed by atoms with van der Waals surface area (Å²) in [7, 11) is 0. The molecule has 3 N–H and O–H groups in total. The Balaban J connectivity index is 2.01. The quantitative estimate of drug-likeness (QED) is 0.758. The molecule has 98 valence electrons. The summed E-state index contributed by atoms with van der Waals surface area (Å²) in [6.45, 7) is 0.185. The molecule has 0 bridgehead atoms. The lowest BCUT2D eigenvalue weighted by Gasteiger charge is -2.31. The molecule has 0 saturated heterocycles. The van der Waals surface area contributed by atoms with E-state index in [2.05, 4.69) is 10.3 Å². The second-order valence-corrected chi connectivity index (χ2v) is 4.72. The highest BCUT2D eigenvalue weighted by atomic mass is 16.4. The number of nitrogens with zero attached hydrogens (tertiary/aromatic N) is 1. The highest BCUT2D eigenvalue weighted by molar-refractivity contribution is 5.87. The van der Waals surface area contributed by atoms with Crippen LogP contribution < -0.4 is 5.32 Å². The minimum Gasteiger partial charge on any atom is -0.478 e. The Morgan fingerprint density at radius 1 is 1.39 bits per heavy atom. The highest BCUT2D eigenvalue weighted by Crippen LogP contribution is 2.26. The zero-order valence-electron chi connectivity index (χ0n) is 10.2. The van der Waals surface area contributed by atoms with E-state index in [0.29, 0.717) is 5.82 Å². The Morgan fingerprint density at radius 3 is 2.78 bits per heavy atom. The maximum Gasteiger partial charge on any atom is 0.337 e. The van der Waals surface area contributed by atoms with Crippen molar-refractivity contribution in [3.8, 4) is 0 Å². The zero-order valence-corrected chi connectivity index (χ0v) is 10.2. The second kappa shape index (κ2) is 5.82. The van der Waals surface area contributed by atoms with Crippen LogP contribution in [0.4, 0.5) is 5.82 Å². The molecule has 2 rings (SSSR count). The number of pyridine rings is 1. The molecule has 0 aromatic carbocycles. The average Bonchev–Trinajstić information content (AvgIpc) is 2.40. The predicted octanol–water partition coefficient (Wildman–Crippen LogP) is 1.74. The molecule has 1 heterocycles. The molecule has 1 aliphatic carbocycles. The third kappa shape index (κ3) is 2.98. The first-order chi connectivity index (χ1) is 8.70. The second-order valence-electron chi connectivity index (χ2n) is 4.72. The molecule has 5 nitrogen and oxygen atoms in total. The van der Waals surface area contributed by atoms with Gasteiger partial charge in [0.05, 0.1) is 5.56 Å². The van der Waals surface area contributed by atoms with Crippen molar-refractivity contribution >= 4 is 11.8 Å². The number of carboxylic acid groups (broad SMARTS) is 1. The highest BCUT2D eigenvalue weighted by Gasteiger charge is 2.24. The largest absolute Gasteiger partial charge is 0.478 e. The standard InChI is InChI=1S/C13H18N2O3/c16-8-10-3-1-2-4-11(10)15-12-6-5-9(7-14-12)13(17)18/h5-7,10-11,16H,1-4,8H2,(H,14,15)(H,17,18). The number of aliphatic hydroxyl groups excluding tert-OH is 1. The van der Waals surface area contributed by atoms with Crippen LogP contribution in [-0.2, 0) is 0 Å². The van der Waals surface area contributed by atoms with Gasteiger partial charge in [-0.15, -0.1) is 0 Å². The molecule has 5 heteroatoms. The van der Waals surface area contributed by atoms with E-state index in [1.54, 1.807) is 6.07 Å². The van der Waals surface area contributed by atoms with E-state index in [9.17, 15) is 9.90 Å². The molecule has 1 aliphatic rings. The number of nitrogens with one attached hydrogen (secondary N) is 1. The van der Waals surface area contributed by atoms with E-state index >= 15 is 0 Å². The van der Waals surface area contributed by atoms with Crippen molar-refractivity contribution in [1.82, 2.24) is 4.98 Å². The summed E-state index contributed by atoms with van der Waals surface area (Å²) in [5.74, 6) is -0.0370. The van der Waals surface area contributed by atoms with Crippen LogP contribution in [0.2, 0.25) is 0 Å². The molecule has 18 heavy (non-hydrogen) atoms. The molecule has 1 aromatic heterocycles. The molecule has 0 radical (unpaired) electrons. The summed E-state index contributed by atoms with van der Waals surface area (Å²) in [6.07, 6.45) is 5.71. The normalized spacial score (nSPS) is 23.6. The number of carbonyl (C=O) groups is 1. The minimum absolute atomic E-state index is 0.183. The van der Waals surface area contributed by atoms with Crippen LogP contribution in [0.25, 0.3) is 0 Å². The molecule has 0 amide bonds. The van der Waals surface area contributed by atoms with Crippen LogP contribution >= 0.6 is 0 Å². The monoisotopic (exact) mass is 250 g/mol. The smallest absolute Gasteiger partial charge is 0.337 e. The third-order valence-electron chi connectivity index (χ3n) is 3.49. The van der Waals surface area contributed by atoms with Crippen LogP contribution in [0.5, 0.6) is 0 Å². The van der Waals surface area contributed by atoms with Gasteiger partial charge in [0.15, 0.2) is 0 Å². The first kappa shape index (κ1) is 12.8. The van der Waals surface area contributed by atoms with Crippen molar-refractivity contribution < 1.29 is 15.0 Å². The number of aromatic carboxylic acids is 1. The van der Waals surface area contributed by atoms with Gasteiger partial charge in [-0.2, -0.15) is 0 Å². The van der Waals surface area contributed by atoms with Crippen molar-refractivity contribution in [2.24, 2.45) is 5.92 Å². The van der Waals surface area contributed by atoms with Crippen LogP contribution in [-0.4, -0.2) is 33.8 Å². The van der Waals surface area contributed by atoms with Crippen LogP contribution in [0.15, 0.2) is 18.3 Å². The molecule has 1 aromatic rings. The molecular formula is C13H18N2O3. The van der Waals surface area contributed by atoms with Crippen molar-refractivity contribution in [3.63, 3.8) is 0 Å². The molecule has 0 spiro atoms. The number of aromatic nitrogens is 1. The van der Waals surface area contributed by atoms with Crippen LogP contribution in [0, 0.1) is 5.92 Å². The van der Waals surface area contributed by atoms with Gasteiger partial charge in [0.2, 0.25) is 0 Å². The van der Waals surface area contributed by atoms with Gasteiger partial charge >= 0.3 is 5.97 Å². The molecule has 0 aliphatic heterocycles. The first-order valence-corrected chi connectivity index (χ1v) is 6.27. The van der Waals surface area contributed by atoms with Crippen molar-refractivity contribution in [3.05, 3.63) is 23.9 Å². The first-order valence-electron chi connectivity index (χ1n) is 6.27. The molecule has 2 atom stereocenters. The summed E-state index contributed by atoms with van der Waals surface area (Å²) in [6, 6.07) is 3.44. The third-order valence-corrected chi connectivity index (χ3v) is 3.49. The average molecular weight is 250 g/mol. The van der Waals surface area contributed by atoms with Gasteiger partial charge in [-0.05, 0) is 25.0 Å². The maximum absolute atomic E-state index is 10.7. The van der Waals surface area contributed by atoms with E-state index < -0.39 is 5.97 Å². The fourth-order valence-electron chi connectivity index (χ4n) is 2.41. The van der Waals surface area contributed by atoms with Crippen molar-refractivity contribution in [1.29, 1.82) is 0 Å². The maximum atomic E-state index is 10.7. The minimum atomic E-state index is -0.972. The number of rotatable bonds is 4. The lowest BCUT2D eigenvalue weighted by Crippen LogP contribution is -2.34. The SMILES string of the molecule is O=C(O)c1ccc(NC2CCCCC2CO)nc1. The van der Waals surface area contributed by atoms with E-state index in [1.807, 2.05) is 0 Å². The van der Waals surface area contributed by atoms with Crippen molar-refractivity contribution in [2.75, 3.05) is 11.9 Å². The Bertz CT molecular complexity index is 405. The van der Waals surface area contributed by atoms with Gasteiger partial charge in [0.1, 0.15) is 5.82 Å².